The van der Waals surface area contributed by atoms with Crippen molar-refractivity contribution in [1.29, 1.82) is 0 Å². The van der Waals surface area contributed by atoms with Gasteiger partial charge < -0.3 is 5.11 Å². The molecular weight excluding hydrogens is 180 g/mol. The van der Waals surface area contributed by atoms with E-state index in [1.54, 1.807) is 11.3 Å². The van der Waals surface area contributed by atoms with Crippen molar-refractivity contribution in [3.8, 4) is 0 Å². The number of fused-ring (bicyclic) bond motifs is 1. The maximum absolute atomic E-state index is 10.3. The lowest BCUT2D eigenvalue weighted by atomic mass is 10.0. The van der Waals surface area contributed by atoms with Gasteiger partial charge >= 0.3 is 0 Å². The third-order valence-corrected chi connectivity index (χ3v) is 4.49. The molecule has 1 nitrogen and oxygen atoms in total. The summed E-state index contributed by atoms with van der Waals surface area (Å²) in [6, 6.07) is 2.14. The summed E-state index contributed by atoms with van der Waals surface area (Å²) in [5, 5.41) is 14.5. The van der Waals surface area contributed by atoms with Crippen LogP contribution in [0.5, 0.6) is 0 Å². The fourth-order valence-electron chi connectivity index (χ4n) is 3.03. The second-order valence-corrected chi connectivity index (χ2v) is 5.22. The largest absolute Gasteiger partial charge is 0.389 e. The summed E-state index contributed by atoms with van der Waals surface area (Å²) in [4.78, 5) is 0. The molecule has 0 spiro atoms. The number of aliphatic hydroxyl groups is 1. The van der Waals surface area contributed by atoms with Gasteiger partial charge in [0.05, 0.1) is 5.60 Å². The Morgan fingerprint density at radius 3 is 2.85 bits per heavy atom. The third-order valence-electron chi connectivity index (χ3n) is 3.76. The summed E-state index contributed by atoms with van der Waals surface area (Å²) < 4.78 is 0. The summed E-state index contributed by atoms with van der Waals surface area (Å²) in [7, 11) is 0. The fourth-order valence-corrected chi connectivity index (χ4v) is 3.70. The molecule has 70 valence electrons. The zero-order valence-electron chi connectivity index (χ0n) is 7.57. The minimum Gasteiger partial charge on any atom is -0.389 e. The lowest BCUT2D eigenvalue weighted by Crippen LogP contribution is -2.18. The summed E-state index contributed by atoms with van der Waals surface area (Å²) in [6.07, 6.45) is 4.74. The van der Waals surface area contributed by atoms with E-state index in [1.165, 1.54) is 24.8 Å². The van der Waals surface area contributed by atoms with Crippen LogP contribution < -0.4 is 0 Å². The van der Waals surface area contributed by atoms with E-state index in [-0.39, 0.29) is 5.60 Å². The Bertz CT molecular complexity index is 294. The van der Waals surface area contributed by atoms with Crippen molar-refractivity contribution in [2.75, 3.05) is 0 Å². The lowest BCUT2D eigenvalue weighted by Gasteiger charge is -2.12. The predicted octanol–water partition coefficient (Wildman–Crippen LogP) is 2.45. The molecule has 2 unspecified atom stereocenters. The van der Waals surface area contributed by atoms with E-state index in [0.29, 0.717) is 11.8 Å². The molecular formula is C11H14OS. The monoisotopic (exact) mass is 194 g/mol. The molecule has 1 aromatic heterocycles. The number of rotatable bonds is 2. The van der Waals surface area contributed by atoms with Gasteiger partial charge in [-0.05, 0) is 47.1 Å². The predicted molar refractivity (Wildman–Crippen MR) is 53.8 cm³/mol. The molecule has 0 amide bonds. The lowest BCUT2D eigenvalue weighted by molar-refractivity contribution is 0.107. The average Bonchev–Trinajstić information content (AvgIpc) is 2.60. The zero-order valence-corrected chi connectivity index (χ0v) is 8.39. The molecule has 2 heteroatoms. The summed E-state index contributed by atoms with van der Waals surface area (Å²) in [5.74, 6) is 1.26. The first-order chi connectivity index (χ1) is 6.31. The van der Waals surface area contributed by atoms with Crippen LogP contribution in [-0.4, -0.2) is 10.7 Å². The van der Waals surface area contributed by atoms with Crippen LogP contribution in [0.4, 0.5) is 0 Å². The molecule has 0 aliphatic heterocycles. The normalized spacial score (nSPS) is 41.9. The minimum absolute atomic E-state index is 0.306. The van der Waals surface area contributed by atoms with Gasteiger partial charge in [0.1, 0.15) is 0 Å². The van der Waals surface area contributed by atoms with Crippen LogP contribution in [0.1, 0.15) is 24.8 Å². The fraction of sp³-hybridized carbons (Fsp3) is 0.636. The van der Waals surface area contributed by atoms with Crippen molar-refractivity contribution < 1.29 is 5.11 Å². The molecule has 0 bridgehead atoms. The average molecular weight is 194 g/mol. The highest BCUT2D eigenvalue weighted by molar-refractivity contribution is 7.07. The smallest absolute Gasteiger partial charge is 0.0751 e. The van der Waals surface area contributed by atoms with Crippen molar-refractivity contribution in [1.82, 2.24) is 0 Å². The van der Waals surface area contributed by atoms with E-state index >= 15 is 0 Å². The third kappa shape index (κ3) is 1.09. The molecule has 2 saturated carbocycles. The zero-order chi connectivity index (χ0) is 8.89. The van der Waals surface area contributed by atoms with Gasteiger partial charge in [-0.1, -0.05) is 6.42 Å². The number of hydrogen-bond acceptors (Lipinski definition) is 2. The van der Waals surface area contributed by atoms with Crippen LogP contribution >= 0.6 is 11.3 Å². The minimum atomic E-state index is -0.306. The van der Waals surface area contributed by atoms with Gasteiger partial charge in [-0.15, -0.1) is 0 Å². The van der Waals surface area contributed by atoms with E-state index in [9.17, 15) is 5.11 Å². The first kappa shape index (κ1) is 8.01. The highest BCUT2D eigenvalue weighted by Gasteiger charge is 2.64. The van der Waals surface area contributed by atoms with Gasteiger partial charge in [-0.3, -0.25) is 0 Å². The highest BCUT2D eigenvalue weighted by atomic mass is 32.1. The summed E-state index contributed by atoms with van der Waals surface area (Å²) in [6.45, 7) is 0. The Hall–Kier alpha value is -0.340. The SMILES string of the molecule is OC1(Cc2ccsc2)C2CCCC21. The second-order valence-electron chi connectivity index (χ2n) is 4.44. The standard InChI is InChI=1S/C11H14OS/c12-11(6-8-4-5-13-7-8)9-2-1-3-10(9)11/h4-5,7,9-10,12H,1-3,6H2. The van der Waals surface area contributed by atoms with Crippen LogP contribution in [0.15, 0.2) is 16.8 Å². The van der Waals surface area contributed by atoms with Gasteiger partial charge in [-0.2, -0.15) is 11.3 Å². The molecule has 0 aromatic carbocycles. The van der Waals surface area contributed by atoms with E-state index < -0.39 is 0 Å². The topological polar surface area (TPSA) is 20.2 Å². The van der Waals surface area contributed by atoms with Crippen molar-refractivity contribution >= 4 is 11.3 Å². The number of thiophene rings is 1. The van der Waals surface area contributed by atoms with Crippen molar-refractivity contribution in [2.45, 2.75) is 31.3 Å². The molecule has 2 atom stereocenters. The molecule has 2 aliphatic carbocycles. The summed E-state index contributed by atoms with van der Waals surface area (Å²) >= 11 is 1.73. The van der Waals surface area contributed by atoms with E-state index in [1.807, 2.05) is 0 Å². The van der Waals surface area contributed by atoms with Crippen molar-refractivity contribution in [2.24, 2.45) is 11.8 Å². The van der Waals surface area contributed by atoms with Gasteiger partial charge in [0, 0.05) is 6.42 Å². The van der Waals surface area contributed by atoms with Crippen molar-refractivity contribution in [3.63, 3.8) is 0 Å². The molecule has 2 fully saturated rings. The highest BCUT2D eigenvalue weighted by Crippen LogP contribution is 2.61. The second kappa shape index (κ2) is 2.58. The molecule has 0 saturated heterocycles. The van der Waals surface area contributed by atoms with Gasteiger partial charge in [0.2, 0.25) is 0 Å². The summed E-state index contributed by atoms with van der Waals surface area (Å²) in [5.41, 5.74) is 1.01. The van der Waals surface area contributed by atoms with Crippen LogP contribution in [0.25, 0.3) is 0 Å². The molecule has 1 aromatic rings. The van der Waals surface area contributed by atoms with E-state index in [4.69, 9.17) is 0 Å². The Kier molecular flexibility index (Phi) is 1.59. The molecule has 0 radical (unpaired) electrons. The van der Waals surface area contributed by atoms with Crippen LogP contribution in [0, 0.1) is 11.8 Å². The molecule has 13 heavy (non-hydrogen) atoms. The first-order valence-electron chi connectivity index (χ1n) is 5.04. The quantitative estimate of drug-likeness (QED) is 0.766. The Balaban J connectivity index is 1.74. The number of hydrogen-bond donors (Lipinski definition) is 1. The van der Waals surface area contributed by atoms with Crippen LogP contribution in [0.3, 0.4) is 0 Å². The Labute approximate surface area is 82.4 Å². The molecule has 2 aliphatic rings. The van der Waals surface area contributed by atoms with Gasteiger partial charge in [0.25, 0.3) is 0 Å². The van der Waals surface area contributed by atoms with Gasteiger partial charge in [-0.25, -0.2) is 0 Å². The maximum Gasteiger partial charge on any atom is 0.0751 e. The molecule has 3 rings (SSSR count). The Morgan fingerprint density at radius 2 is 2.23 bits per heavy atom. The van der Waals surface area contributed by atoms with E-state index in [2.05, 4.69) is 16.8 Å². The van der Waals surface area contributed by atoms with Crippen LogP contribution in [-0.2, 0) is 6.42 Å². The molecule has 1 N–H and O–H groups in total. The molecule has 1 heterocycles. The Morgan fingerprint density at radius 1 is 1.46 bits per heavy atom. The van der Waals surface area contributed by atoms with Crippen molar-refractivity contribution in [3.05, 3.63) is 22.4 Å². The van der Waals surface area contributed by atoms with Gasteiger partial charge in [0.15, 0.2) is 0 Å². The maximum atomic E-state index is 10.3. The first-order valence-corrected chi connectivity index (χ1v) is 5.98. The van der Waals surface area contributed by atoms with Crippen LogP contribution in [0.2, 0.25) is 0 Å². The van der Waals surface area contributed by atoms with E-state index in [0.717, 1.165) is 6.42 Å².